The first-order chi connectivity index (χ1) is 10.0. The second kappa shape index (κ2) is 6.74. The van der Waals surface area contributed by atoms with Crippen molar-refractivity contribution in [2.75, 3.05) is 20.2 Å². The first-order valence-corrected chi connectivity index (χ1v) is 6.94. The van der Waals surface area contributed by atoms with E-state index in [0.717, 1.165) is 25.9 Å². The number of alkyl halides is 2. The van der Waals surface area contributed by atoms with Gasteiger partial charge in [-0.25, -0.2) is 0 Å². The van der Waals surface area contributed by atoms with Crippen molar-refractivity contribution in [2.24, 2.45) is 0 Å². The molecule has 0 aromatic heterocycles. The number of methoxy groups -OCH3 is 1. The van der Waals surface area contributed by atoms with Gasteiger partial charge in [0.25, 0.3) is 0 Å². The fraction of sp³-hybridized carbons (Fsp3) is 0.533. The van der Waals surface area contributed by atoms with Crippen LogP contribution < -0.4 is 9.47 Å². The normalized spacial score (nSPS) is 16.1. The van der Waals surface area contributed by atoms with Crippen LogP contribution in [0, 0.1) is 0 Å². The zero-order valence-corrected chi connectivity index (χ0v) is 12.1. The Bertz CT molecular complexity index is 502. The molecular formula is C15H19F2NO3. The number of halogens is 2. The Balaban J connectivity index is 2.22. The number of rotatable bonds is 5. The summed E-state index contributed by atoms with van der Waals surface area (Å²) in [7, 11) is 1.44. The van der Waals surface area contributed by atoms with E-state index in [-0.39, 0.29) is 11.7 Å². The van der Waals surface area contributed by atoms with Crippen molar-refractivity contribution in [2.45, 2.75) is 32.3 Å². The molecule has 1 aliphatic rings. The van der Waals surface area contributed by atoms with Gasteiger partial charge in [-0.2, -0.15) is 8.78 Å². The van der Waals surface area contributed by atoms with E-state index in [2.05, 4.69) is 4.74 Å². The lowest BCUT2D eigenvalue weighted by molar-refractivity contribution is -0.131. The second-order valence-corrected chi connectivity index (χ2v) is 5.07. The van der Waals surface area contributed by atoms with Crippen molar-refractivity contribution >= 4 is 5.91 Å². The van der Waals surface area contributed by atoms with E-state index in [1.165, 1.54) is 19.2 Å². The molecule has 1 aromatic carbocycles. The molecule has 0 N–H and O–H groups in total. The zero-order chi connectivity index (χ0) is 15.4. The van der Waals surface area contributed by atoms with Crippen LogP contribution in [0.15, 0.2) is 18.2 Å². The minimum Gasteiger partial charge on any atom is -0.497 e. The van der Waals surface area contributed by atoms with Crippen LogP contribution in [0.1, 0.15) is 31.2 Å². The third-order valence-electron chi connectivity index (χ3n) is 3.65. The number of benzene rings is 1. The molecule has 1 atom stereocenters. The molecular weight excluding hydrogens is 280 g/mol. The number of carbonyl (C=O) groups excluding carboxylic acids is 1. The maximum atomic E-state index is 12.4. The summed E-state index contributed by atoms with van der Waals surface area (Å²) in [6.07, 6.45) is 2.02. The average molecular weight is 299 g/mol. The van der Waals surface area contributed by atoms with Crippen molar-refractivity contribution in [1.82, 2.24) is 4.90 Å². The molecule has 116 valence electrons. The topological polar surface area (TPSA) is 38.8 Å². The number of hydrogen-bond acceptors (Lipinski definition) is 3. The fourth-order valence-electron chi connectivity index (χ4n) is 2.49. The lowest BCUT2D eigenvalue weighted by Gasteiger charge is -2.21. The summed E-state index contributed by atoms with van der Waals surface area (Å²) in [5.41, 5.74) is 0.613. The van der Waals surface area contributed by atoms with E-state index in [4.69, 9.17) is 4.74 Å². The second-order valence-electron chi connectivity index (χ2n) is 5.07. The predicted octanol–water partition coefficient (Wildman–Crippen LogP) is 3.02. The van der Waals surface area contributed by atoms with Gasteiger partial charge in [-0.3, -0.25) is 4.79 Å². The molecule has 1 heterocycles. The molecule has 2 rings (SSSR count). The van der Waals surface area contributed by atoms with Gasteiger partial charge in [0.2, 0.25) is 5.91 Å². The van der Waals surface area contributed by atoms with E-state index in [9.17, 15) is 13.6 Å². The van der Waals surface area contributed by atoms with E-state index in [1.807, 2.05) is 0 Å². The van der Waals surface area contributed by atoms with Gasteiger partial charge in [0.1, 0.15) is 11.5 Å². The van der Waals surface area contributed by atoms with Gasteiger partial charge in [0.15, 0.2) is 0 Å². The number of amides is 1. The van der Waals surface area contributed by atoms with Crippen LogP contribution >= 0.6 is 0 Å². The molecule has 1 aliphatic heterocycles. The van der Waals surface area contributed by atoms with Gasteiger partial charge in [0.05, 0.1) is 13.0 Å². The van der Waals surface area contributed by atoms with Gasteiger partial charge >= 0.3 is 6.61 Å². The number of hydrogen-bond donors (Lipinski definition) is 0. The number of carbonyl (C=O) groups is 1. The van der Waals surface area contributed by atoms with Crippen molar-refractivity contribution in [3.63, 3.8) is 0 Å². The minimum absolute atomic E-state index is 0.000391. The van der Waals surface area contributed by atoms with Crippen LogP contribution in [-0.2, 0) is 4.79 Å². The van der Waals surface area contributed by atoms with E-state index >= 15 is 0 Å². The van der Waals surface area contributed by atoms with Crippen LogP contribution in [0.25, 0.3) is 0 Å². The van der Waals surface area contributed by atoms with E-state index in [1.54, 1.807) is 17.9 Å². The van der Waals surface area contributed by atoms with Crippen LogP contribution in [0.2, 0.25) is 0 Å². The number of likely N-dealkylation sites (tertiary alicyclic amines) is 1. The summed E-state index contributed by atoms with van der Waals surface area (Å²) in [4.78, 5) is 14.2. The van der Waals surface area contributed by atoms with Crippen molar-refractivity contribution in [3.05, 3.63) is 23.8 Å². The maximum absolute atomic E-state index is 12.4. The Labute approximate surface area is 122 Å². The lowest BCUT2D eigenvalue weighted by Crippen LogP contribution is -2.31. The van der Waals surface area contributed by atoms with Crippen LogP contribution in [-0.4, -0.2) is 37.6 Å². The largest absolute Gasteiger partial charge is 0.497 e. The Morgan fingerprint density at radius 1 is 1.19 bits per heavy atom. The summed E-state index contributed by atoms with van der Waals surface area (Å²) in [6, 6.07) is 4.52. The highest BCUT2D eigenvalue weighted by Gasteiger charge is 2.25. The molecule has 1 fully saturated rings. The lowest BCUT2D eigenvalue weighted by atomic mass is 9.99. The minimum atomic E-state index is -2.91. The van der Waals surface area contributed by atoms with Crippen molar-refractivity contribution in [1.29, 1.82) is 0 Å². The van der Waals surface area contributed by atoms with Crippen molar-refractivity contribution < 1.29 is 23.0 Å². The first kappa shape index (κ1) is 15.5. The van der Waals surface area contributed by atoms with Gasteiger partial charge < -0.3 is 14.4 Å². The molecule has 1 saturated heterocycles. The molecule has 1 amide bonds. The van der Waals surface area contributed by atoms with Gasteiger partial charge in [0, 0.05) is 19.2 Å². The van der Waals surface area contributed by atoms with Gasteiger partial charge in [-0.1, -0.05) is 0 Å². The molecule has 0 bridgehead atoms. The van der Waals surface area contributed by atoms with Crippen LogP contribution in [0.5, 0.6) is 11.5 Å². The van der Waals surface area contributed by atoms with Crippen molar-refractivity contribution in [3.8, 4) is 11.5 Å². The third kappa shape index (κ3) is 3.83. The first-order valence-electron chi connectivity index (χ1n) is 6.94. The fourth-order valence-corrected chi connectivity index (χ4v) is 2.49. The molecule has 0 saturated carbocycles. The van der Waals surface area contributed by atoms with Crippen LogP contribution in [0.3, 0.4) is 0 Å². The SMILES string of the molecule is COc1cc(OC(F)F)cc([C@H](C)C(=O)N2CCCC2)c1. The molecule has 6 heteroatoms. The summed E-state index contributed by atoms with van der Waals surface area (Å²) in [5, 5.41) is 0. The molecule has 0 radical (unpaired) electrons. The Morgan fingerprint density at radius 2 is 1.81 bits per heavy atom. The molecule has 0 aliphatic carbocycles. The van der Waals surface area contributed by atoms with E-state index in [0.29, 0.717) is 11.3 Å². The molecule has 1 aromatic rings. The summed E-state index contributed by atoms with van der Waals surface area (Å²) in [6.45, 7) is 0.373. The molecule has 21 heavy (non-hydrogen) atoms. The summed E-state index contributed by atoms with van der Waals surface area (Å²) >= 11 is 0. The number of ether oxygens (including phenoxy) is 2. The van der Waals surface area contributed by atoms with Gasteiger partial charge in [-0.15, -0.1) is 0 Å². The van der Waals surface area contributed by atoms with Crippen LogP contribution in [0.4, 0.5) is 8.78 Å². The summed E-state index contributed by atoms with van der Waals surface area (Å²) in [5.74, 6) is -0.0217. The molecule has 4 nitrogen and oxygen atoms in total. The monoisotopic (exact) mass is 299 g/mol. The summed E-state index contributed by atoms with van der Waals surface area (Å²) < 4.78 is 34.2. The standard InChI is InChI=1S/C15H19F2NO3/c1-10(14(19)18-5-3-4-6-18)11-7-12(20-2)9-13(8-11)21-15(16)17/h7-10,15H,3-6H2,1-2H3/t10-/m0/s1. The smallest absolute Gasteiger partial charge is 0.387 e. The average Bonchev–Trinajstić information content (AvgIpc) is 2.98. The Morgan fingerprint density at radius 3 is 2.38 bits per heavy atom. The van der Waals surface area contributed by atoms with Gasteiger partial charge in [-0.05, 0) is 37.5 Å². The maximum Gasteiger partial charge on any atom is 0.387 e. The third-order valence-corrected chi connectivity index (χ3v) is 3.65. The predicted molar refractivity (Wildman–Crippen MR) is 73.9 cm³/mol. The highest BCUT2D eigenvalue weighted by molar-refractivity contribution is 5.83. The highest BCUT2D eigenvalue weighted by Crippen LogP contribution is 2.30. The quantitative estimate of drug-likeness (QED) is 0.839. The zero-order valence-electron chi connectivity index (χ0n) is 12.1. The Kier molecular flexibility index (Phi) is 4.98. The molecule has 0 spiro atoms. The van der Waals surface area contributed by atoms with E-state index < -0.39 is 12.5 Å². The highest BCUT2D eigenvalue weighted by atomic mass is 19.3. The molecule has 0 unspecified atom stereocenters. The number of nitrogens with zero attached hydrogens (tertiary/aromatic N) is 1. The Hall–Kier alpha value is -1.85.